The van der Waals surface area contributed by atoms with Gasteiger partial charge in [-0.2, -0.15) is 0 Å². The summed E-state index contributed by atoms with van der Waals surface area (Å²) >= 11 is 3.40. The number of carbonyl (C=O) groups is 1. The van der Waals surface area contributed by atoms with Crippen molar-refractivity contribution in [2.75, 3.05) is 13.7 Å². The number of nitrogens with zero attached hydrogens (tertiary/aromatic N) is 1. The van der Waals surface area contributed by atoms with E-state index in [4.69, 9.17) is 19.0 Å². The monoisotopic (exact) mass is 403 g/mol. The maximum Gasteiger partial charge on any atom is 0.341 e. The quantitative estimate of drug-likeness (QED) is 0.662. The topological polar surface area (TPSA) is 81.8 Å². The molecule has 2 aromatic carbocycles. The number of ether oxygens (including phenoxy) is 2. The minimum Gasteiger partial charge on any atom is -0.497 e. The van der Waals surface area contributed by atoms with Crippen LogP contribution < -0.4 is 9.47 Å². The predicted molar refractivity (Wildman–Crippen MR) is 94.8 cm³/mol. The van der Waals surface area contributed by atoms with E-state index in [0.717, 1.165) is 10.0 Å². The van der Waals surface area contributed by atoms with Crippen molar-refractivity contribution in [2.24, 2.45) is 0 Å². The standard InChI is InChI=1S/C18H14BrNO5/c1-23-13-4-2-3-11(7-13)18-20-15(9-25-18)14-8-12(19)5-6-16(14)24-10-17(21)22/h2-9H,10H2,1H3,(H,21,22). The number of carboxylic acids is 1. The van der Waals surface area contributed by atoms with Crippen LogP contribution >= 0.6 is 15.9 Å². The van der Waals surface area contributed by atoms with Gasteiger partial charge in [0.25, 0.3) is 0 Å². The van der Waals surface area contributed by atoms with Crippen LogP contribution in [0.15, 0.2) is 57.6 Å². The molecule has 0 aliphatic heterocycles. The summed E-state index contributed by atoms with van der Waals surface area (Å²) in [5.74, 6) is 0.491. The first-order valence-corrected chi connectivity index (χ1v) is 8.10. The fourth-order valence-corrected chi connectivity index (χ4v) is 2.61. The Hall–Kier alpha value is -2.80. The number of methoxy groups -OCH3 is 1. The zero-order valence-electron chi connectivity index (χ0n) is 13.2. The second-order valence-electron chi connectivity index (χ2n) is 5.09. The largest absolute Gasteiger partial charge is 0.497 e. The Bertz CT molecular complexity index is 906. The summed E-state index contributed by atoms with van der Waals surface area (Å²) in [6, 6.07) is 12.6. The second-order valence-corrected chi connectivity index (χ2v) is 6.01. The second kappa shape index (κ2) is 7.40. The fourth-order valence-electron chi connectivity index (χ4n) is 2.25. The molecule has 1 aromatic heterocycles. The highest BCUT2D eigenvalue weighted by molar-refractivity contribution is 9.10. The van der Waals surface area contributed by atoms with Crippen molar-refractivity contribution in [3.05, 3.63) is 53.2 Å². The summed E-state index contributed by atoms with van der Waals surface area (Å²) in [4.78, 5) is 15.2. The zero-order valence-corrected chi connectivity index (χ0v) is 14.8. The molecule has 0 bridgehead atoms. The fraction of sp³-hybridized carbons (Fsp3) is 0.111. The summed E-state index contributed by atoms with van der Waals surface area (Å²) in [6.07, 6.45) is 1.50. The van der Waals surface area contributed by atoms with Crippen molar-refractivity contribution in [3.63, 3.8) is 0 Å². The summed E-state index contributed by atoms with van der Waals surface area (Å²) in [7, 11) is 1.59. The molecule has 0 aliphatic carbocycles. The van der Waals surface area contributed by atoms with E-state index in [0.29, 0.717) is 28.6 Å². The molecule has 0 fully saturated rings. The van der Waals surface area contributed by atoms with Gasteiger partial charge >= 0.3 is 5.97 Å². The Balaban J connectivity index is 1.96. The molecule has 25 heavy (non-hydrogen) atoms. The third-order valence-electron chi connectivity index (χ3n) is 3.39. The van der Waals surface area contributed by atoms with Gasteiger partial charge in [0, 0.05) is 15.6 Å². The molecule has 1 N–H and O–H groups in total. The van der Waals surface area contributed by atoms with Gasteiger partial charge < -0.3 is 19.0 Å². The highest BCUT2D eigenvalue weighted by Crippen LogP contribution is 2.34. The Kier molecular flexibility index (Phi) is 5.04. The van der Waals surface area contributed by atoms with Gasteiger partial charge in [0.05, 0.1) is 7.11 Å². The Labute approximate surface area is 152 Å². The van der Waals surface area contributed by atoms with Crippen molar-refractivity contribution in [3.8, 4) is 34.2 Å². The highest BCUT2D eigenvalue weighted by Gasteiger charge is 2.14. The smallest absolute Gasteiger partial charge is 0.341 e. The summed E-state index contributed by atoms with van der Waals surface area (Å²) in [6.45, 7) is -0.435. The first kappa shape index (κ1) is 17.0. The van der Waals surface area contributed by atoms with E-state index >= 15 is 0 Å². The molecule has 0 aliphatic rings. The number of aromatic nitrogens is 1. The van der Waals surface area contributed by atoms with Crippen LogP contribution in [0.25, 0.3) is 22.7 Å². The van der Waals surface area contributed by atoms with Crippen LogP contribution in [0.2, 0.25) is 0 Å². The Morgan fingerprint density at radius 1 is 1.28 bits per heavy atom. The third-order valence-corrected chi connectivity index (χ3v) is 3.88. The molecular formula is C18H14BrNO5. The number of carboxylic acid groups (broad SMARTS) is 1. The maximum absolute atomic E-state index is 10.8. The lowest BCUT2D eigenvalue weighted by molar-refractivity contribution is -0.139. The van der Waals surface area contributed by atoms with E-state index in [-0.39, 0.29) is 0 Å². The van der Waals surface area contributed by atoms with Crippen LogP contribution in [0.4, 0.5) is 0 Å². The van der Waals surface area contributed by atoms with Gasteiger partial charge in [-0.15, -0.1) is 0 Å². The van der Waals surface area contributed by atoms with Crippen LogP contribution in [-0.4, -0.2) is 29.8 Å². The molecule has 3 rings (SSSR count). The van der Waals surface area contributed by atoms with Gasteiger partial charge in [0.15, 0.2) is 6.61 Å². The first-order chi connectivity index (χ1) is 12.1. The van der Waals surface area contributed by atoms with E-state index < -0.39 is 12.6 Å². The lowest BCUT2D eigenvalue weighted by atomic mass is 10.1. The van der Waals surface area contributed by atoms with Crippen molar-refractivity contribution in [1.82, 2.24) is 4.98 Å². The molecule has 128 valence electrons. The van der Waals surface area contributed by atoms with Crippen molar-refractivity contribution < 1.29 is 23.8 Å². The molecule has 0 saturated carbocycles. The van der Waals surface area contributed by atoms with E-state index in [1.807, 2.05) is 24.3 Å². The predicted octanol–water partition coefficient (Wildman–Crippen LogP) is 4.24. The average molecular weight is 404 g/mol. The average Bonchev–Trinajstić information content (AvgIpc) is 3.10. The molecule has 0 radical (unpaired) electrons. The first-order valence-electron chi connectivity index (χ1n) is 7.31. The molecular weight excluding hydrogens is 390 g/mol. The number of hydrogen-bond donors (Lipinski definition) is 1. The van der Waals surface area contributed by atoms with Gasteiger partial charge in [-0.1, -0.05) is 22.0 Å². The van der Waals surface area contributed by atoms with Crippen molar-refractivity contribution >= 4 is 21.9 Å². The summed E-state index contributed by atoms with van der Waals surface area (Å²) < 4.78 is 16.9. The van der Waals surface area contributed by atoms with E-state index in [2.05, 4.69) is 20.9 Å². The van der Waals surface area contributed by atoms with E-state index in [1.165, 1.54) is 6.26 Å². The SMILES string of the molecule is COc1cccc(-c2nc(-c3cc(Br)ccc3OCC(=O)O)co2)c1. The molecule has 0 spiro atoms. The number of aliphatic carboxylic acids is 1. The molecule has 0 amide bonds. The molecule has 0 atom stereocenters. The van der Waals surface area contributed by atoms with Gasteiger partial charge in [-0.3, -0.25) is 0 Å². The molecule has 0 unspecified atom stereocenters. The van der Waals surface area contributed by atoms with E-state index in [1.54, 1.807) is 25.3 Å². The van der Waals surface area contributed by atoms with Crippen molar-refractivity contribution in [2.45, 2.75) is 0 Å². The van der Waals surface area contributed by atoms with Gasteiger partial charge in [0.2, 0.25) is 5.89 Å². The molecule has 7 heteroatoms. The number of rotatable bonds is 6. The van der Waals surface area contributed by atoms with Gasteiger partial charge in [0.1, 0.15) is 23.5 Å². The van der Waals surface area contributed by atoms with Crippen LogP contribution in [0.1, 0.15) is 0 Å². The molecule has 1 heterocycles. The number of oxazole rings is 1. The lowest BCUT2D eigenvalue weighted by Gasteiger charge is -2.08. The van der Waals surface area contributed by atoms with Crippen LogP contribution in [0, 0.1) is 0 Å². The van der Waals surface area contributed by atoms with E-state index in [9.17, 15) is 4.79 Å². The Morgan fingerprint density at radius 3 is 2.88 bits per heavy atom. The minimum absolute atomic E-state index is 0.413. The molecule has 3 aromatic rings. The number of hydrogen-bond acceptors (Lipinski definition) is 5. The van der Waals surface area contributed by atoms with Gasteiger partial charge in [-0.05, 0) is 36.4 Å². The number of halogens is 1. The zero-order chi connectivity index (χ0) is 17.8. The normalized spacial score (nSPS) is 10.5. The highest BCUT2D eigenvalue weighted by atomic mass is 79.9. The minimum atomic E-state index is -1.05. The third kappa shape index (κ3) is 4.00. The van der Waals surface area contributed by atoms with Crippen LogP contribution in [-0.2, 0) is 4.79 Å². The summed E-state index contributed by atoms with van der Waals surface area (Å²) in [5, 5.41) is 8.81. The van der Waals surface area contributed by atoms with Crippen LogP contribution in [0.5, 0.6) is 11.5 Å². The molecule has 6 nitrogen and oxygen atoms in total. The summed E-state index contributed by atoms with van der Waals surface area (Å²) in [5.41, 5.74) is 1.95. The molecule has 0 saturated heterocycles. The van der Waals surface area contributed by atoms with Gasteiger partial charge in [-0.25, -0.2) is 9.78 Å². The maximum atomic E-state index is 10.8. The van der Waals surface area contributed by atoms with Crippen molar-refractivity contribution in [1.29, 1.82) is 0 Å². The van der Waals surface area contributed by atoms with Crippen LogP contribution in [0.3, 0.4) is 0 Å². The lowest BCUT2D eigenvalue weighted by Crippen LogP contribution is -2.10. The number of benzene rings is 2. The Morgan fingerprint density at radius 2 is 2.12 bits per heavy atom.